The first-order chi connectivity index (χ1) is 12.5. The summed E-state index contributed by atoms with van der Waals surface area (Å²) >= 11 is 6.32. The third kappa shape index (κ3) is 3.83. The predicted molar refractivity (Wildman–Crippen MR) is 102 cm³/mol. The second kappa shape index (κ2) is 7.79. The van der Waals surface area contributed by atoms with Crippen LogP contribution in [-0.2, 0) is 4.74 Å². The fourth-order valence-corrected chi connectivity index (χ4v) is 3.35. The summed E-state index contributed by atoms with van der Waals surface area (Å²) in [6, 6.07) is 12.7. The highest BCUT2D eigenvalue weighted by molar-refractivity contribution is 6.33. The number of ether oxygens (including phenoxy) is 1. The molecule has 0 atom stereocenters. The van der Waals surface area contributed by atoms with Crippen LogP contribution in [0.1, 0.15) is 26.3 Å². The Hall–Kier alpha value is -2.53. The molecule has 0 radical (unpaired) electrons. The number of halogens is 1. The van der Waals surface area contributed by atoms with Crippen LogP contribution in [0.3, 0.4) is 0 Å². The van der Waals surface area contributed by atoms with Crippen molar-refractivity contribution in [2.24, 2.45) is 0 Å². The molecule has 1 aliphatic heterocycles. The minimum Gasteiger partial charge on any atom is -0.465 e. The number of anilines is 1. The molecule has 0 aliphatic carbocycles. The molecule has 0 N–H and O–H groups in total. The standard InChI is InChI=1S/C20H21ClN2O3/c1-14-4-3-5-15(12-14)19(24)23-10-8-22(9-11-23)18-13-16(20(25)26-2)6-7-17(18)21/h3-7,12-13H,8-11H2,1-2H3. The van der Waals surface area contributed by atoms with Crippen molar-refractivity contribution in [3.8, 4) is 0 Å². The maximum absolute atomic E-state index is 12.7. The van der Waals surface area contributed by atoms with Crippen molar-refractivity contribution in [3.63, 3.8) is 0 Å². The number of hydrogen-bond donors (Lipinski definition) is 0. The number of piperazine rings is 1. The van der Waals surface area contributed by atoms with Crippen LogP contribution in [0.25, 0.3) is 0 Å². The van der Waals surface area contributed by atoms with E-state index < -0.39 is 5.97 Å². The molecule has 0 saturated carbocycles. The number of benzene rings is 2. The van der Waals surface area contributed by atoms with E-state index in [0.717, 1.165) is 11.3 Å². The topological polar surface area (TPSA) is 49.9 Å². The molecule has 1 aliphatic rings. The fourth-order valence-electron chi connectivity index (χ4n) is 3.11. The van der Waals surface area contributed by atoms with Crippen molar-refractivity contribution < 1.29 is 14.3 Å². The van der Waals surface area contributed by atoms with Crippen molar-refractivity contribution in [1.82, 2.24) is 4.90 Å². The Kier molecular flexibility index (Phi) is 5.47. The SMILES string of the molecule is COC(=O)c1ccc(Cl)c(N2CCN(C(=O)c3cccc(C)c3)CC2)c1. The Morgan fingerprint density at radius 1 is 1.00 bits per heavy atom. The minimum absolute atomic E-state index is 0.0442. The van der Waals surface area contributed by atoms with Crippen LogP contribution in [-0.4, -0.2) is 50.1 Å². The summed E-state index contributed by atoms with van der Waals surface area (Å²) in [7, 11) is 1.35. The van der Waals surface area contributed by atoms with Gasteiger partial charge in [0.05, 0.1) is 23.4 Å². The van der Waals surface area contributed by atoms with E-state index in [1.54, 1.807) is 18.2 Å². The van der Waals surface area contributed by atoms with Gasteiger partial charge in [0.15, 0.2) is 0 Å². The molecule has 1 fully saturated rings. The van der Waals surface area contributed by atoms with Gasteiger partial charge in [-0.25, -0.2) is 4.79 Å². The molecule has 2 aromatic carbocycles. The zero-order valence-electron chi connectivity index (χ0n) is 14.9. The van der Waals surface area contributed by atoms with Crippen molar-refractivity contribution in [2.45, 2.75) is 6.92 Å². The minimum atomic E-state index is -0.392. The summed E-state index contributed by atoms with van der Waals surface area (Å²) in [6.07, 6.45) is 0. The van der Waals surface area contributed by atoms with E-state index in [1.807, 2.05) is 36.1 Å². The van der Waals surface area contributed by atoms with Crippen LogP contribution in [0.4, 0.5) is 5.69 Å². The molecule has 6 heteroatoms. The van der Waals surface area contributed by atoms with Gasteiger partial charge in [-0.3, -0.25) is 4.79 Å². The quantitative estimate of drug-likeness (QED) is 0.775. The average molecular weight is 373 g/mol. The summed E-state index contributed by atoms with van der Waals surface area (Å²) < 4.78 is 4.77. The monoisotopic (exact) mass is 372 g/mol. The molecule has 5 nitrogen and oxygen atoms in total. The number of aryl methyl sites for hydroxylation is 1. The average Bonchev–Trinajstić information content (AvgIpc) is 2.67. The molecule has 1 amide bonds. The Balaban J connectivity index is 1.71. The molecule has 0 unspecified atom stereocenters. The predicted octanol–water partition coefficient (Wildman–Crippen LogP) is 3.40. The van der Waals surface area contributed by atoms with E-state index in [2.05, 4.69) is 4.90 Å². The van der Waals surface area contributed by atoms with Crippen molar-refractivity contribution in [2.75, 3.05) is 38.2 Å². The van der Waals surface area contributed by atoms with Gasteiger partial charge in [0.1, 0.15) is 0 Å². The van der Waals surface area contributed by atoms with E-state index in [0.29, 0.717) is 42.3 Å². The number of carbonyl (C=O) groups is 2. The Bertz CT molecular complexity index is 830. The number of nitrogens with zero attached hydrogens (tertiary/aromatic N) is 2. The van der Waals surface area contributed by atoms with Gasteiger partial charge in [0.2, 0.25) is 0 Å². The van der Waals surface area contributed by atoms with E-state index in [-0.39, 0.29) is 5.91 Å². The maximum Gasteiger partial charge on any atom is 0.337 e. The van der Waals surface area contributed by atoms with E-state index in [1.165, 1.54) is 7.11 Å². The van der Waals surface area contributed by atoms with Crippen molar-refractivity contribution >= 4 is 29.2 Å². The summed E-state index contributed by atoms with van der Waals surface area (Å²) in [6.45, 7) is 4.49. The van der Waals surface area contributed by atoms with Gasteiger partial charge in [-0.05, 0) is 37.3 Å². The summed E-state index contributed by atoms with van der Waals surface area (Å²) in [5, 5.41) is 0.580. The van der Waals surface area contributed by atoms with Gasteiger partial charge in [0.25, 0.3) is 5.91 Å². The molecule has 26 heavy (non-hydrogen) atoms. The summed E-state index contributed by atoms with van der Waals surface area (Å²) in [4.78, 5) is 28.4. The van der Waals surface area contributed by atoms with Gasteiger partial charge in [-0.15, -0.1) is 0 Å². The number of hydrogen-bond acceptors (Lipinski definition) is 4. The number of amides is 1. The van der Waals surface area contributed by atoms with Crippen molar-refractivity contribution in [1.29, 1.82) is 0 Å². The molecule has 136 valence electrons. The van der Waals surface area contributed by atoms with Crippen LogP contribution < -0.4 is 4.90 Å². The number of carbonyl (C=O) groups excluding carboxylic acids is 2. The molecular weight excluding hydrogens is 352 g/mol. The lowest BCUT2D eigenvalue weighted by atomic mass is 10.1. The second-order valence-electron chi connectivity index (χ2n) is 6.31. The van der Waals surface area contributed by atoms with E-state index in [4.69, 9.17) is 16.3 Å². The van der Waals surface area contributed by atoms with Crippen LogP contribution in [0.2, 0.25) is 5.02 Å². The summed E-state index contributed by atoms with van der Waals surface area (Å²) in [5.74, 6) is -0.348. The van der Waals surface area contributed by atoms with Gasteiger partial charge in [0, 0.05) is 31.7 Å². The van der Waals surface area contributed by atoms with E-state index >= 15 is 0 Å². The first-order valence-electron chi connectivity index (χ1n) is 8.48. The first-order valence-corrected chi connectivity index (χ1v) is 8.86. The second-order valence-corrected chi connectivity index (χ2v) is 6.71. The highest BCUT2D eigenvalue weighted by Crippen LogP contribution is 2.28. The highest BCUT2D eigenvalue weighted by Gasteiger charge is 2.24. The highest BCUT2D eigenvalue weighted by atomic mass is 35.5. The van der Waals surface area contributed by atoms with Gasteiger partial charge in [-0.2, -0.15) is 0 Å². The number of esters is 1. The zero-order valence-corrected chi connectivity index (χ0v) is 15.6. The molecule has 1 saturated heterocycles. The first kappa shape index (κ1) is 18.3. The Labute approximate surface area is 158 Å². The third-order valence-electron chi connectivity index (χ3n) is 4.54. The Morgan fingerprint density at radius 3 is 2.38 bits per heavy atom. The van der Waals surface area contributed by atoms with Gasteiger partial charge >= 0.3 is 5.97 Å². The fraction of sp³-hybridized carbons (Fsp3) is 0.300. The lowest BCUT2D eigenvalue weighted by Crippen LogP contribution is -2.49. The smallest absolute Gasteiger partial charge is 0.337 e. The zero-order chi connectivity index (χ0) is 18.7. The maximum atomic E-state index is 12.7. The van der Waals surface area contributed by atoms with Crippen molar-refractivity contribution in [3.05, 3.63) is 64.2 Å². The lowest BCUT2D eigenvalue weighted by Gasteiger charge is -2.36. The lowest BCUT2D eigenvalue weighted by molar-refractivity contribution is 0.0600. The largest absolute Gasteiger partial charge is 0.465 e. The van der Waals surface area contributed by atoms with Crippen LogP contribution in [0.5, 0.6) is 0 Å². The molecule has 2 aromatic rings. The molecule has 1 heterocycles. The van der Waals surface area contributed by atoms with Crippen LogP contribution >= 0.6 is 11.6 Å². The molecule has 3 rings (SSSR count). The summed E-state index contributed by atoms with van der Waals surface area (Å²) in [5.41, 5.74) is 3.03. The number of rotatable bonds is 3. The molecular formula is C20H21ClN2O3. The van der Waals surface area contributed by atoms with Crippen LogP contribution in [0, 0.1) is 6.92 Å². The molecule has 0 aromatic heterocycles. The molecule has 0 spiro atoms. The Morgan fingerprint density at radius 2 is 1.73 bits per heavy atom. The van der Waals surface area contributed by atoms with Gasteiger partial charge < -0.3 is 14.5 Å². The van der Waals surface area contributed by atoms with Gasteiger partial charge in [-0.1, -0.05) is 29.3 Å². The van der Waals surface area contributed by atoms with Crippen LogP contribution in [0.15, 0.2) is 42.5 Å². The van der Waals surface area contributed by atoms with E-state index in [9.17, 15) is 9.59 Å². The third-order valence-corrected chi connectivity index (χ3v) is 4.86. The number of methoxy groups -OCH3 is 1. The molecule has 0 bridgehead atoms. The normalized spacial score (nSPS) is 14.3.